The average molecular weight is 362 g/mol. The molecule has 138 valence electrons. The Morgan fingerprint density at radius 2 is 1.74 bits per heavy atom. The molecule has 0 bridgehead atoms. The van der Waals surface area contributed by atoms with Crippen molar-refractivity contribution in [2.24, 2.45) is 0 Å². The number of amides is 1. The monoisotopic (exact) mass is 362 g/mol. The van der Waals surface area contributed by atoms with Crippen LogP contribution in [0, 0.1) is 11.3 Å². The average Bonchev–Trinajstić information content (AvgIpc) is 2.70. The Labute approximate surface area is 158 Å². The first-order chi connectivity index (χ1) is 13.2. The van der Waals surface area contributed by atoms with Crippen LogP contribution in [0.2, 0.25) is 0 Å². The van der Waals surface area contributed by atoms with Crippen LogP contribution >= 0.6 is 0 Å². The van der Waals surface area contributed by atoms with E-state index in [0.29, 0.717) is 0 Å². The van der Waals surface area contributed by atoms with Crippen LogP contribution in [-0.4, -0.2) is 47.0 Å². The van der Waals surface area contributed by atoms with Crippen molar-refractivity contribution in [2.75, 3.05) is 31.5 Å². The third-order valence-corrected chi connectivity index (χ3v) is 4.48. The molecule has 6 nitrogen and oxygen atoms in total. The number of para-hydroxylation sites is 2. The summed E-state index contributed by atoms with van der Waals surface area (Å²) in [6.07, 6.45) is 1.61. The van der Waals surface area contributed by atoms with Crippen LogP contribution in [0.25, 0.3) is 0 Å². The van der Waals surface area contributed by atoms with Gasteiger partial charge in [0.05, 0.1) is 5.69 Å². The quantitative estimate of drug-likeness (QED) is 0.485. The molecular formula is C21H22N4O2. The van der Waals surface area contributed by atoms with Crippen molar-refractivity contribution in [1.82, 2.24) is 9.80 Å². The van der Waals surface area contributed by atoms with Crippen molar-refractivity contribution in [3.8, 4) is 11.8 Å². The van der Waals surface area contributed by atoms with Crippen LogP contribution in [0.3, 0.4) is 0 Å². The molecule has 1 saturated heterocycles. The number of phenolic OH excluding ortho intramolecular Hbond substituents is 1. The Balaban J connectivity index is 1.56. The molecule has 0 spiro atoms. The molecule has 1 fully saturated rings. The summed E-state index contributed by atoms with van der Waals surface area (Å²) in [5.41, 5.74) is 1.59. The standard InChI is InChI=1S/C21H22N4O2/c22-14-18(21(27)23-19-8-4-5-9-20(19)26)16-25-12-10-24(11-13-25)15-17-6-2-1-3-7-17/h1-9,16,26H,10-13,15H2,(H,23,27)/b18-16-. The molecule has 1 heterocycles. The Kier molecular flexibility index (Phi) is 6.08. The lowest BCUT2D eigenvalue weighted by atomic mass is 10.2. The van der Waals surface area contributed by atoms with E-state index >= 15 is 0 Å². The highest BCUT2D eigenvalue weighted by Crippen LogP contribution is 2.22. The van der Waals surface area contributed by atoms with Crippen LogP contribution < -0.4 is 5.32 Å². The first kappa shape index (κ1) is 18.5. The molecule has 1 aliphatic heterocycles. The number of nitrogens with zero attached hydrogens (tertiary/aromatic N) is 3. The van der Waals surface area contributed by atoms with E-state index in [0.717, 1.165) is 32.7 Å². The summed E-state index contributed by atoms with van der Waals surface area (Å²) in [6.45, 7) is 4.14. The number of hydrogen-bond acceptors (Lipinski definition) is 5. The van der Waals surface area contributed by atoms with Gasteiger partial charge in [-0.25, -0.2) is 0 Å². The molecule has 3 rings (SSSR count). The summed E-state index contributed by atoms with van der Waals surface area (Å²) in [4.78, 5) is 16.7. The molecule has 1 aliphatic rings. The first-order valence-electron chi connectivity index (χ1n) is 8.87. The number of nitrogens with one attached hydrogen (secondary N) is 1. The van der Waals surface area contributed by atoms with E-state index in [1.54, 1.807) is 24.4 Å². The van der Waals surface area contributed by atoms with E-state index in [1.807, 2.05) is 29.2 Å². The van der Waals surface area contributed by atoms with Gasteiger partial charge >= 0.3 is 0 Å². The zero-order chi connectivity index (χ0) is 19.1. The lowest BCUT2D eigenvalue weighted by Crippen LogP contribution is -2.43. The van der Waals surface area contributed by atoms with Crippen LogP contribution in [0.1, 0.15) is 5.56 Å². The molecule has 0 atom stereocenters. The predicted octanol–water partition coefficient (Wildman–Crippen LogP) is 2.56. The predicted molar refractivity (Wildman–Crippen MR) is 104 cm³/mol. The Morgan fingerprint density at radius 1 is 1.07 bits per heavy atom. The SMILES string of the molecule is N#C/C(=C/N1CCN(Cc2ccccc2)CC1)C(=O)Nc1ccccc1O. The number of hydrogen-bond donors (Lipinski definition) is 2. The van der Waals surface area contributed by atoms with Crippen molar-refractivity contribution in [2.45, 2.75) is 6.54 Å². The van der Waals surface area contributed by atoms with Crippen LogP contribution in [-0.2, 0) is 11.3 Å². The minimum absolute atomic E-state index is 0.0229. The maximum Gasteiger partial charge on any atom is 0.267 e. The summed E-state index contributed by atoms with van der Waals surface area (Å²) < 4.78 is 0. The number of aromatic hydroxyl groups is 1. The molecule has 0 saturated carbocycles. The molecular weight excluding hydrogens is 340 g/mol. The van der Waals surface area contributed by atoms with E-state index in [-0.39, 0.29) is 17.0 Å². The van der Waals surface area contributed by atoms with Gasteiger partial charge in [0.15, 0.2) is 0 Å². The molecule has 0 aromatic heterocycles. The number of nitriles is 1. The van der Waals surface area contributed by atoms with Gasteiger partial charge in [-0.1, -0.05) is 42.5 Å². The highest BCUT2D eigenvalue weighted by Gasteiger charge is 2.18. The van der Waals surface area contributed by atoms with Gasteiger partial charge in [-0.15, -0.1) is 0 Å². The second-order valence-corrected chi connectivity index (χ2v) is 6.42. The molecule has 2 N–H and O–H groups in total. The highest BCUT2D eigenvalue weighted by atomic mass is 16.3. The summed E-state index contributed by atoms with van der Waals surface area (Å²) in [5, 5.41) is 21.7. The topological polar surface area (TPSA) is 79.6 Å². The second kappa shape index (κ2) is 8.88. The number of rotatable bonds is 5. The zero-order valence-electron chi connectivity index (χ0n) is 15.0. The van der Waals surface area contributed by atoms with Crippen molar-refractivity contribution in [3.63, 3.8) is 0 Å². The number of carbonyl (C=O) groups excluding carboxylic acids is 1. The number of anilines is 1. The second-order valence-electron chi connectivity index (χ2n) is 6.42. The molecule has 0 unspecified atom stereocenters. The molecule has 2 aromatic rings. The Morgan fingerprint density at radius 3 is 2.41 bits per heavy atom. The van der Waals surface area contributed by atoms with E-state index in [1.165, 1.54) is 11.6 Å². The lowest BCUT2D eigenvalue weighted by molar-refractivity contribution is -0.112. The van der Waals surface area contributed by atoms with Gasteiger partial charge in [-0.05, 0) is 17.7 Å². The third kappa shape index (κ3) is 5.09. The lowest BCUT2D eigenvalue weighted by Gasteiger charge is -2.34. The molecule has 6 heteroatoms. The van der Waals surface area contributed by atoms with Gasteiger partial charge in [0.25, 0.3) is 5.91 Å². The van der Waals surface area contributed by atoms with E-state index in [9.17, 15) is 15.2 Å². The number of benzene rings is 2. The number of phenols is 1. The molecule has 1 amide bonds. The molecule has 0 aliphatic carbocycles. The zero-order valence-corrected chi connectivity index (χ0v) is 15.0. The van der Waals surface area contributed by atoms with E-state index in [4.69, 9.17) is 0 Å². The third-order valence-electron chi connectivity index (χ3n) is 4.48. The first-order valence-corrected chi connectivity index (χ1v) is 8.87. The molecule has 2 aromatic carbocycles. The summed E-state index contributed by atoms with van der Waals surface area (Å²) in [5.74, 6) is -0.552. The number of piperazine rings is 1. The van der Waals surface area contributed by atoms with Crippen molar-refractivity contribution < 1.29 is 9.90 Å². The summed E-state index contributed by atoms with van der Waals surface area (Å²) in [6, 6.07) is 18.7. The smallest absolute Gasteiger partial charge is 0.267 e. The van der Waals surface area contributed by atoms with E-state index in [2.05, 4.69) is 22.3 Å². The Hall–Kier alpha value is -3.30. The number of carbonyl (C=O) groups is 1. The van der Waals surface area contributed by atoms with Gasteiger partial charge in [-0.2, -0.15) is 5.26 Å². The van der Waals surface area contributed by atoms with Crippen molar-refractivity contribution >= 4 is 11.6 Å². The van der Waals surface area contributed by atoms with Gasteiger partial charge in [-0.3, -0.25) is 9.69 Å². The van der Waals surface area contributed by atoms with Crippen LogP contribution in [0.4, 0.5) is 5.69 Å². The van der Waals surface area contributed by atoms with Crippen molar-refractivity contribution in [3.05, 3.63) is 71.9 Å². The normalized spacial score (nSPS) is 15.2. The maximum absolute atomic E-state index is 12.3. The van der Waals surface area contributed by atoms with Gasteiger partial charge < -0.3 is 15.3 Å². The van der Waals surface area contributed by atoms with Crippen LogP contribution in [0.5, 0.6) is 5.75 Å². The van der Waals surface area contributed by atoms with Crippen LogP contribution in [0.15, 0.2) is 66.4 Å². The van der Waals surface area contributed by atoms with Gasteiger partial charge in [0, 0.05) is 38.9 Å². The van der Waals surface area contributed by atoms with E-state index < -0.39 is 5.91 Å². The highest BCUT2D eigenvalue weighted by molar-refractivity contribution is 6.07. The largest absolute Gasteiger partial charge is 0.506 e. The maximum atomic E-state index is 12.3. The fourth-order valence-corrected chi connectivity index (χ4v) is 2.98. The summed E-state index contributed by atoms with van der Waals surface area (Å²) in [7, 11) is 0. The molecule has 0 radical (unpaired) electrons. The fraction of sp³-hybridized carbons (Fsp3) is 0.238. The minimum atomic E-state index is -0.522. The fourth-order valence-electron chi connectivity index (χ4n) is 2.98. The van der Waals surface area contributed by atoms with Gasteiger partial charge in [0.1, 0.15) is 17.4 Å². The minimum Gasteiger partial charge on any atom is -0.506 e. The molecule has 27 heavy (non-hydrogen) atoms. The summed E-state index contributed by atoms with van der Waals surface area (Å²) >= 11 is 0. The van der Waals surface area contributed by atoms with Crippen molar-refractivity contribution in [1.29, 1.82) is 5.26 Å². The van der Waals surface area contributed by atoms with Gasteiger partial charge in [0.2, 0.25) is 0 Å². The Bertz CT molecular complexity index is 850.